The summed E-state index contributed by atoms with van der Waals surface area (Å²) in [7, 11) is 0. The van der Waals surface area contributed by atoms with E-state index in [-0.39, 0.29) is 11.6 Å². The van der Waals surface area contributed by atoms with E-state index in [4.69, 9.17) is 5.26 Å². The van der Waals surface area contributed by atoms with Crippen molar-refractivity contribution in [3.63, 3.8) is 0 Å². The smallest absolute Gasteiger partial charge is 0.272 e. The van der Waals surface area contributed by atoms with Crippen LogP contribution in [0.3, 0.4) is 0 Å². The van der Waals surface area contributed by atoms with Crippen molar-refractivity contribution in [1.82, 2.24) is 20.5 Å². The van der Waals surface area contributed by atoms with Crippen molar-refractivity contribution in [2.24, 2.45) is 0 Å². The van der Waals surface area contributed by atoms with Crippen LogP contribution in [0, 0.1) is 11.3 Å². The van der Waals surface area contributed by atoms with E-state index in [1.54, 1.807) is 42.7 Å². The molecule has 3 rings (SSSR count). The summed E-state index contributed by atoms with van der Waals surface area (Å²) in [4.78, 5) is 16.1. The minimum absolute atomic E-state index is 0.222. The van der Waals surface area contributed by atoms with Crippen molar-refractivity contribution in [2.75, 3.05) is 5.32 Å². The summed E-state index contributed by atoms with van der Waals surface area (Å²) in [5.41, 5.74) is 2.39. The fraction of sp³-hybridized carbons (Fsp3) is 0.0556. The number of nitrogens with zero attached hydrogens (tertiary/aromatic N) is 4. The predicted molar refractivity (Wildman–Crippen MR) is 91.9 cm³/mol. The third-order valence-electron chi connectivity index (χ3n) is 3.34. The van der Waals surface area contributed by atoms with Gasteiger partial charge in [0.25, 0.3) is 5.91 Å². The van der Waals surface area contributed by atoms with Crippen LogP contribution in [-0.2, 0) is 6.54 Å². The highest BCUT2D eigenvalue weighted by Gasteiger charge is 2.08. The molecule has 3 aromatic rings. The number of nitriles is 1. The third kappa shape index (κ3) is 4.36. The summed E-state index contributed by atoms with van der Waals surface area (Å²) in [6.45, 7) is 0.370. The monoisotopic (exact) mass is 330 g/mol. The number of hydrogen-bond donors (Lipinski definition) is 2. The van der Waals surface area contributed by atoms with Gasteiger partial charge in [0.2, 0.25) is 0 Å². The van der Waals surface area contributed by atoms with Crippen molar-refractivity contribution < 1.29 is 4.79 Å². The molecule has 2 N–H and O–H groups in total. The van der Waals surface area contributed by atoms with Crippen LogP contribution in [0.1, 0.15) is 21.6 Å². The Morgan fingerprint density at radius 2 is 2.04 bits per heavy atom. The van der Waals surface area contributed by atoms with E-state index in [2.05, 4.69) is 31.9 Å². The van der Waals surface area contributed by atoms with Gasteiger partial charge < -0.3 is 10.6 Å². The number of hydrogen-bond acceptors (Lipinski definition) is 6. The summed E-state index contributed by atoms with van der Waals surface area (Å²) < 4.78 is 0. The molecule has 7 heteroatoms. The number of nitrogens with one attached hydrogen (secondary N) is 2. The minimum Gasteiger partial charge on any atom is -0.347 e. The standard InChI is InChI=1S/C18H14N6O/c19-10-13-3-1-5-15(9-13)22-17-7-6-16(23-24-17)18(25)21-12-14-4-2-8-20-11-14/h1-9,11H,12H2,(H,21,25)(H,22,24). The molecular formula is C18H14N6O. The molecule has 0 aliphatic heterocycles. The normalized spacial score (nSPS) is 9.88. The Hall–Kier alpha value is -3.79. The summed E-state index contributed by atoms with van der Waals surface area (Å²) in [6, 6.07) is 16.0. The van der Waals surface area contributed by atoms with Gasteiger partial charge in [-0.1, -0.05) is 12.1 Å². The lowest BCUT2D eigenvalue weighted by Crippen LogP contribution is -2.24. The van der Waals surface area contributed by atoms with Crippen LogP contribution in [0.25, 0.3) is 0 Å². The maximum absolute atomic E-state index is 12.1. The highest BCUT2D eigenvalue weighted by Crippen LogP contribution is 2.15. The van der Waals surface area contributed by atoms with Crippen molar-refractivity contribution >= 4 is 17.4 Å². The first kappa shape index (κ1) is 16.1. The van der Waals surface area contributed by atoms with Gasteiger partial charge in [0.1, 0.15) is 0 Å². The molecule has 0 spiro atoms. The largest absolute Gasteiger partial charge is 0.347 e. The Balaban J connectivity index is 1.61. The van der Waals surface area contributed by atoms with Gasteiger partial charge in [-0.3, -0.25) is 9.78 Å². The molecule has 0 fully saturated rings. The maximum atomic E-state index is 12.1. The molecule has 1 amide bonds. The molecule has 0 saturated carbocycles. The van der Waals surface area contributed by atoms with E-state index in [0.29, 0.717) is 17.9 Å². The fourth-order valence-corrected chi connectivity index (χ4v) is 2.11. The number of benzene rings is 1. The highest BCUT2D eigenvalue weighted by atomic mass is 16.1. The molecule has 0 aliphatic rings. The van der Waals surface area contributed by atoms with Gasteiger partial charge in [-0.05, 0) is 42.0 Å². The summed E-state index contributed by atoms with van der Waals surface area (Å²) in [5.74, 6) is 0.174. The molecular weight excluding hydrogens is 316 g/mol. The predicted octanol–water partition coefficient (Wildman–Crippen LogP) is 2.42. The zero-order valence-corrected chi connectivity index (χ0v) is 13.2. The van der Waals surface area contributed by atoms with Crippen LogP contribution in [0.2, 0.25) is 0 Å². The quantitative estimate of drug-likeness (QED) is 0.744. The molecule has 1 aromatic carbocycles. The molecule has 0 bridgehead atoms. The van der Waals surface area contributed by atoms with Gasteiger partial charge in [0, 0.05) is 24.6 Å². The van der Waals surface area contributed by atoms with Crippen LogP contribution in [0.5, 0.6) is 0 Å². The van der Waals surface area contributed by atoms with Gasteiger partial charge >= 0.3 is 0 Å². The van der Waals surface area contributed by atoms with Gasteiger partial charge in [-0.25, -0.2) is 0 Å². The van der Waals surface area contributed by atoms with Crippen molar-refractivity contribution in [3.05, 3.63) is 77.7 Å². The van der Waals surface area contributed by atoms with E-state index >= 15 is 0 Å². The second kappa shape index (κ2) is 7.66. The summed E-state index contributed by atoms with van der Waals surface area (Å²) >= 11 is 0. The number of carbonyl (C=O) groups excluding carboxylic acids is 1. The van der Waals surface area contributed by atoms with Gasteiger partial charge in [0.15, 0.2) is 11.5 Å². The van der Waals surface area contributed by atoms with E-state index in [0.717, 1.165) is 11.3 Å². The first-order valence-corrected chi connectivity index (χ1v) is 7.52. The molecule has 2 aromatic heterocycles. The van der Waals surface area contributed by atoms with Crippen LogP contribution in [0.4, 0.5) is 11.5 Å². The Kier molecular flexibility index (Phi) is 4.93. The Labute approximate surface area is 144 Å². The molecule has 0 atom stereocenters. The number of carbonyl (C=O) groups is 1. The van der Waals surface area contributed by atoms with Gasteiger partial charge in [-0.15, -0.1) is 10.2 Å². The molecule has 2 heterocycles. The number of pyridine rings is 1. The van der Waals surface area contributed by atoms with E-state index < -0.39 is 0 Å². The van der Waals surface area contributed by atoms with E-state index in [1.807, 2.05) is 18.2 Å². The lowest BCUT2D eigenvalue weighted by Gasteiger charge is -2.07. The minimum atomic E-state index is -0.311. The third-order valence-corrected chi connectivity index (χ3v) is 3.34. The first-order valence-electron chi connectivity index (χ1n) is 7.52. The Morgan fingerprint density at radius 3 is 2.76 bits per heavy atom. The number of amides is 1. The lowest BCUT2D eigenvalue weighted by atomic mass is 10.2. The van der Waals surface area contributed by atoms with Crippen LogP contribution in [0.15, 0.2) is 60.9 Å². The summed E-state index contributed by atoms with van der Waals surface area (Å²) in [6.07, 6.45) is 3.36. The average molecular weight is 330 g/mol. The first-order chi connectivity index (χ1) is 12.2. The second-order valence-electron chi connectivity index (χ2n) is 5.17. The van der Waals surface area contributed by atoms with Gasteiger partial charge in [-0.2, -0.15) is 5.26 Å². The van der Waals surface area contributed by atoms with Crippen molar-refractivity contribution in [2.45, 2.75) is 6.54 Å². The van der Waals surface area contributed by atoms with Crippen LogP contribution < -0.4 is 10.6 Å². The SMILES string of the molecule is N#Cc1cccc(Nc2ccc(C(=O)NCc3cccnc3)nn2)c1. The van der Waals surface area contributed by atoms with Gasteiger partial charge in [0.05, 0.1) is 11.6 Å². The highest BCUT2D eigenvalue weighted by molar-refractivity contribution is 5.92. The Bertz CT molecular complexity index is 903. The van der Waals surface area contributed by atoms with Crippen LogP contribution in [-0.4, -0.2) is 21.1 Å². The Morgan fingerprint density at radius 1 is 1.12 bits per heavy atom. The molecule has 25 heavy (non-hydrogen) atoms. The summed E-state index contributed by atoms with van der Waals surface area (Å²) in [5, 5.41) is 22.6. The van der Waals surface area contributed by atoms with E-state index in [1.165, 1.54) is 0 Å². The molecule has 7 nitrogen and oxygen atoms in total. The molecule has 0 saturated heterocycles. The molecule has 0 radical (unpaired) electrons. The van der Waals surface area contributed by atoms with Crippen molar-refractivity contribution in [3.8, 4) is 6.07 Å². The van der Waals surface area contributed by atoms with E-state index in [9.17, 15) is 4.79 Å². The zero-order chi connectivity index (χ0) is 17.5. The lowest BCUT2D eigenvalue weighted by molar-refractivity contribution is 0.0945. The topological polar surface area (TPSA) is 104 Å². The zero-order valence-electron chi connectivity index (χ0n) is 13.2. The number of aromatic nitrogens is 3. The fourth-order valence-electron chi connectivity index (χ4n) is 2.11. The second-order valence-corrected chi connectivity index (χ2v) is 5.17. The number of rotatable bonds is 5. The number of anilines is 2. The van der Waals surface area contributed by atoms with Crippen molar-refractivity contribution in [1.29, 1.82) is 5.26 Å². The van der Waals surface area contributed by atoms with Crippen LogP contribution >= 0.6 is 0 Å². The molecule has 0 aliphatic carbocycles. The molecule has 0 unspecified atom stereocenters. The molecule has 122 valence electrons. The average Bonchev–Trinajstić information content (AvgIpc) is 2.67. The maximum Gasteiger partial charge on any atom is 0.272 e.